The molecule has 3 aromatic rings. The summed E-state index contributed by atoms with van der Waals surface area (Å²) in [6.07, 6.45) is 4.95. The zero-order valence-electron chi connectivity index (χ0n) is 14.4. The zero-order valence-corrected chi connectivity index (χ0v) is 14.4. The Morgan fingerprint density at radius 1 is 0.923 bits per heavy atom. The van der Waals surface area contributed by atoms with Crippen LogP contribution in [0.4, 0.5) is 5.69 Å². The molecule has 0 saturated carbocycles. The summed E-state index contributed by atoms with van der Waals surface area (Å²) in [4.78, 5) is 31.9. The number of hydrogen-bond acceptors (Lipinski definition) is 3. The molecule has 1 saturated heterocycles. The van der Waals surface area contributed by atoms with Gasteiger partial charge in [0.05, 0.1) is 5.52 Å². The summed E-state index contributed by atoms with van der Waals surface area (Å²) in [5.74, 6) is -0.150. The largest absolute Gasteiger partial charge is 0.336 e. The van der Waals surface area contributed by atoms with Crippen LogP contribution in [-0.4, -0.2) is 39.2 Å². The number of nitrogens with zero attached hydrogens (tertiary/aromatic N) is 3. The summed E-state index contributed by atoms with van der Waals surface area (Å²) in [7, 11) is 0. The highest BCUT2D eigenvalue weighted by atomic mass is 16.2. The molecule has 132 valence electrons. The first-order valence-corrected chi connectivity index (χ1v) is 8.87. The number of anilines is 1. The minimum atomic E-state index is -0.322. The number of aromatic nitrogens is 2. The average Bonchev–Trinajstić information content (AvgIpc) is 3.09. The maximum atomic E-state index is 12.9. The Morgan fingerprint density at radius 2 is 1.65 bits per heavy atom. The minimum Gasteiger partial charge on any atom is -0.336 e. The van der Waals surface area contributed by atoms with Crippen LogP contribution in [0.5, 0.6) is 0 Å². The summed E-state index contributed by atoms with van der Waals surface area (Å²) in [6, 6.07) is 14.7. The Labute approximate surface area is 151 Å². The number of benzene rings is 1. The van der Waals surface area contributed by atoms with Gasteiger partial charge in [0.1, 0.15) is 0 Å². The molecular formula is C20H20N4O2. The molecule has 6 heteroatoms. The van der Waals surface area contributed by atoms with Crippen LogP contribution >= 0.6 is 0 Å². The van der Waals surface area contributed by atoms with E-state index in [9.17, 15) is 9.59 Å². The molecule has 1 aromatic carbocycles. The van der Waals surface area contributed by atoms with Gasteiger partial charge in [0.15, 0.2) is 5.69 Å². The summed E-state index contributed by atoms with van der Waals surface area (Å²) in [5.41, 5.74) is 1.58. The van der Waals surface area contributed by atoms with E-state index in [0.717, 1.165) is 32.4 Å². The van der Waals surface area contributed by atoms with Gasteiger partial charge >= 0.3 is 0 Å². The van der Waals surface area contributed by atoms with Crippen LogP contribution in [-0.2, 0) is 0 Å². The molecule has 0 atom stereocenters. The molecule has 1 aliphatic heterocycles. The van der Waals surface area contributed by atoms with Gasteiger partial charge in [-0.05, 0) is 43.5 Å². The van der Waals surface area contributed by atoms with Gasteiger partial charge in [0, 0.05) is 25.0 Å². The Kier molecular flexibility index (Phi) is 4.39. The number of rotatable bonds is 3. The fraction of sp³-hybridized carbons (Fsp3) is 0.250. The lowest BCUT2D eigenvalue weighted by Gasteiger charge is -2.25. The Hall–Kier alpha value is -3.15. The van der Waals surface area contributed by atoms with Crippen molar-refractivity contribution in [2.45, 2.75) is 19.3 Å². The quantitative estimate of drug-likeness (QED) is 0.790. The van der Waals surface area contributed by atoms with Gasteiger partial charge in [-0.1, -0.05) is 24.3 Å². The van der Waals surface area contributed by atoms with Gasteiger partial charge in [-0.15, -0.1) is 0 Å². The van der Waals surface area contributed by atoms with Gasteiger partial charge < -0.3 is 10.2 Å². The van der Waals surface area contributed by atoms with Gasteiger partial charge in [0.25, 0.3) is 11.8 Å². The fourth-order valence-electron chi connectivity index (χ4n) is 3.31. The second kappa shape index (κ2) is 7.00. The standard InChI is InChI=1S/C20H20N4O2/c25-19(21-15-9-3-1-4-10-15)17-16-11-5-8-14-24(16)18(22-17)20(26)23-12-6-2-7-13-23/h1,3-5,8-11,14H,2,6-7,12-13H2,(H,21,25). The molecule has 1 fully saturated rings. The van der Waals surface area contributed by atoms with E-state index in [4.69, 9.17) is 0 Å². The van der Waals surface area contributed by atoms with E-state index in [0.29, 0.717) is 17.0 Å². The summed E-state index contributed by atoms with van der Waals surface area (Å²) in [6.45, 7) is 1.48. The second-order valence-corrected chi connectivity index (χ2v) is 6.41. The van der Waals surface area contributed by atoms with Crippen LogP contribution in [0.2, 0.25) is 0 Å². The number of imidazole rings is 1. The highest BCUT2D eigenvalue weighted by Gasteiger charge is 2.26. The van der Waals surface area contributed by atoms with E-state index in [1.165, 1.54) is 0 Å². The molecule has 0 aliphatic carbocycles. The summed E-state index contributed by atoms with van der Waals surface area (Å²) >= 11 is 0. The molecule has 2 amide bonds. The first-order chi connectivity index (χ1) is 12.7. The van der Waals surface area contributed by atoms with Crippen molar-refractivity contribution in [2.75, 3.05) is 18.4 Å². The third kappa shape index (κ3) is 3.06. The van der Waals surface area contributed by atoms with Gasteiger partial charge in [-0.3, -0.25) is 14.0 Å². The smallest absolute Gasteiger partial charge is 0.290 e. The monoisotopic (exact) mass is 348 g/mol. The van der Waals surface area contributed by atoms with Crippen LogP contribution in [0, 0.1) is 0 Å². The number of para-hydroxylation sites is 1. The van der Waals surface area contributed by atoms with Crippen molar-refractivity contribution in [2.24, 2.45) is 0 Å². The first kappa shape index (κ1) is 16.3. The molecule has 0 radical (unpaired) electrons. The van der Waals surface area contributed by atoms with Crippen molar-refractivity contribution in [3.63, 3.8) is 0 Å². The fourth-order valence-corrected chi connectivity index (χ4v) is 3.31. The van der Waals surface area contributed by atoms with Crippen LogP contribution in [0.3, 0.4) is 0 Å². The van der Waals surface area contributed by atoms with E-state index < -0.39 is 0 Å². The molecule has 0 spiro atoms. The van der Waals surface area contributed by atoms with Crippen molar-refractivity contribution >= 4 is 23.0 Å². The van der Waals surface area contributed by atoms with E-state index >= 15 is 0 Å². The molecule has 3 heterocycles. The van der Waals surface area contributed by atoms with Crippen LogP contribution in [0.25, 0.3) is 5.52 Å². The Morgan fingerprint density at radius 3 is 2.42 bits per heavy atom. The number of likely N-dealkylation sites (tertiary alicyclic amines) is 1. The number of amides is 2. The Balaban J connectivity index is 1.69. The van der Waals surface area contributed by atoms with E-state index in [1.54, 1.807) is 16.7 Å². The van der Waals surface area contributed by atoms with Crippen molar-refractivity contribution in [1.82, 2.24) is 14.3 Å². The predicted octanol–water partition coefficient (Wildman–Crippen LogP) is 3.21. The van der Waals surface area contributed by atoms with Crippen molar-refractivity contribution in [3.8, 4) is 0 Å². The zero-order chi connectivity index (χ0) is 17.9. The lowest BCUT2D eigenvalue weighted by atomic mass is 10.1. The summed E-state index contributed by atoms with van der Waals surface area (Å²) in [5, 5.41) is 2.84. The number of piperidine rings is 1. The topological polar surface area (TPSA) is 66.7 Å². The third-order valence-corrected chi connectivity index (χ3v) is 4.63. The second-order valence-electron chi connectivity index (χ2n) is 6.41. The van der Waals surface area contributed by atoms with Crippen LogP contribution < -0.4 is 5.32 Å². The van der Waals surface area contributed by atoms with E-state index in [1.807, 2.05) is 47.4 Å². The SMILES string of the molecule is O=C(Nc1ccccc1)c1nc(C(=O)N2CCCCC2)n2ccccc12. The number of carbonyl (C=O) groups excluding carboxylic acids is 2. The number of fused-ring (bicyclic) bond motifs is 1. The van der Waals surface area contributed by atoms with Crippen LogP contribution in [0.1, 0.15) is 40.4 Å². The predicted molar refractivity (Wildman–Crippen MR) is 99.3 cm³/mol. The molecule has 2 aromatic heterocycles. The highest BCUT2D eigenvalue weighted by Crippen LogP contribution is 2.18. The first-order valence-electron chi connectivity index (χ1n) is 8.87. The molecule has 1 N–H and O–H groups in total. The summed E-state index contributed by atoms with van der Waals surface area (Å²) < 4.78 is 1.71. The molecule has 0 bridgehead atoms. The van der Waals surface area contributed by atoms with Gasteiger partial charge in [-0.2, -0.15) is 0 Å². The number of pyridine rings is 1. The lowest BCUT2D eigenvalue weighted by Crippen LogP contribution is -2.36. The Bertz CT molecular complexity index is 943. The molecular weight excluding hydrogens is 328 g/mol. The maximum Gasteiger partial charge on any atom is 0.290 e. The number of nitrogens with one attached hydrogen (secondary N) is 1. The normalized spacial score (nSPS) is 14.4. The van der Waals surface area contributed by atoms with Gasteiger partial charge in [-0.25, -0.2) is 4.98 Å². The van der Waals surface area contributed by atoms with Gasteiger partial charge in [0.2, 0.25) is 5.82 Å². The number of carbonyl (C=O) groups is 2. The van der Waals surface area contributed by atoms with Crippen molar-refractivity contribution in [1.29, 1.82) is 0 Å². The van der Waals surface area contributed by atoms with E-state index in [2.05, 4.69) is 10.3 Å². The van der Waals surface area contributed by atoms with Crippen molar-refractivity contribution in [3.05, 3.63) is 66.2 Å². The highest BCUT2D eigenvalue weighted by molar-refractivity contribution is 6.08. The lowest BCUT2D eigenvalue weighted by molar-refractivity contribution is 0.0711. The minimum absolute atomic E-state index is 0.121. The third-order valence-electron chi connectivity index (χ3n) is 4.63. The average molecular weight is 348 g/mol. The maximum absolute atomic E-state index is 12.9. The van der Waals surface area contributed by atoms with E-state index in [-0.39, 0.29) is 17.5 Å². The molecule has 4 rings (SSSR count). The molecule has 1 aliphatic rings. The molecule has 26 heavy (non-hydrogen) atoms. The van der Waals surface area contributed by atoms with Crippen molar-refractivity contribution < 1.29 is 9.59 Å². The van der Waals surface area contributed by atoms with Crippen LogP contribution in [0.15, 0.2) is 54.7 Å². The number of hydrogen-bond donors (Lipinski definition) is 1. The molecule has 6 nitrogen and oxygen atoms in total. The molecule has 0 unspecified atom stereocenters.